The van der Waals surface area contributed by atoms with Gasteiger partial charge in [-0.15, -0.1) is 0 Å². The number of H-pyrrole nitrogens is 1. The van der Waals surface area contributed by atoms with E-state index in [1.165, 1.54) is 6.26 Å². The van der Waals surface area contributed by atoms with Crippen molar-refractivity contribution < 1.29 is 8.42 Å². The summed E-state index contributed by atoms with van der Waals surface area (Å²) in [5.74, 6) is 1.07. The summed E-state index contributed by atoms with van der Waals surface area (Å²) in [5, 5.41) is 11.4. The van der Waals surface area contributed by atoms with Crippen LogP contribution in [-0.2, 0) is 9.84 Å². The van der Waals surface area contributed by atoms with Crippen molar-refractivity contribution in [1.82, 2.24) is 20.2 Å². The summed E-state index contributed by atoms with van der Waals surface area (Å²) in [7, 11) is -1.37. The zero-order valence-corrected chi connectivity index (χ0v) is 17.0. The van der Waals surface area contributed by atoms with Crippen molar-refractivity contribution >= 4 is 43.9 Å². The highest BCUT2D eigenvalue weighted by molar-refractivity contribution is 7.90. The first-order valence-electron chi connectivity index (χ1n) is 8.90. The van der Waals surface area contributed by atoms with Gasteiger partial charge in [0.05, 0.1) is 16.1 Å². The summed E-state index contributed by atoms with van der Waals surface area (Å²) >= 11 is 0. The normalized spacial score (nSPS) is 11.6. The van der Waals surface area contributed by atoms with Crippen molar-refractivity contribution in [2.24, 2.45) is 0 Å². The Morgan fingerprint density at radius 2 is 1.93 bits per heavy atom. The monoisotopic (exact) mass is 408 g/mol. The lowest BCUT2D eigenvalue weighted by Gasteiger charge is -2.19. The molecule has 2 heterocycles. The maximum Gasteiger partial charge on any atom is 0.229 e. The molecule has 4 rings (SSSR count). The van der Waals surface area contributed by atoms with E-state index in [9.17, 15) is 8.42 Å². The third kappa shape index (κ3) is 3.90. The molecular formula is C20H20N6O2S. The topological polar surface area (TPSA) is 104 Å². The highest BCUT2D eigenvalue weighted by Gasteiger charge is 2.11. The lowest BCUT2D eigenvalue weighted by Crippen LogP contribution is -2.12. The first kappa shape index (κ1) is 18.9. The first-order valence-corrected chi connectivity index (χ1v) is 10.8. The van der Waals surface area contributed by atoms with Crippen LogP contribution in [-0.4, -0.2) is 41.9 Å². The molecule has 0 unspecified atom stereocenters. The fourth-order valence-electron chi connectivity index (χ4n) is 3.02. The van der Waals surface area contributed by atoms with Crippen molar-refractivity contribution in [2.75, 3.05) is 23.5 Å². The third-order valence-electron chi connectivity index (χ3n) is 4.63. The molecule has 9 heteroatoms. The molecule has 8 nitrogen and oxygen atoms in total. The van der Waals surface area contributed by atoms with Gasteiger partial charge in [0.2, 0.25) is 5.95 Å². The predicted octanol–water partition coefficient (Wildman–Crippen LogP) is 3.58. The molecule has 0 amide bonds. The number of nitrogens with one attached hydrogen (secondary N) is 2. The molecule has 2 aromatic heterocycles. The minimum absolute atomic E-state index is 0.235. The van der Waals surface area contributed by atoms with Gasteiger partial charge in [-0.1, -0.05) is 6.07 Å². The van der Waals surface area contributed by atoms with E-state index < -0.39 is 9.84 Å². The number of benzene rings is 2. The Balaban J connectivity index is 1.61. The van der Waals surface area contributed by atoms with Crippen LogP contribution in [0.25, 0.3) is 10.9 Å². The Bertz CT molecular complexity index is 1300. The second-order valence-corrected chi connectivity index (χ2v) is 8.78. The van der Waals surface area contributed by atoms with E-state index in [0.717, 1.165) is 22.3 Å². The van der Waals surface area contributed by atoms with E-state index in [0.29, 0.717) is 17.5 Å². The average Bonchev–Trinajstić information content (AvgIpc) is 3.07. The van der Waals surface area contributed by atoms with Crippen LogP contribution in [0.3, 0.4) is 0 Å². The SMILES string of the molecule is Cc1n[nH]c2cc(N(C)c3ccnc(Nc4cccc(S(C)(=O)=O)c4)n3)ccc12. The Kier molecular flexibility index (Phi) is 4.67. The molecular weight excluding hydrogens is 388 g/mol. The Morgan fingerprint density at radius 3 is 2.72 bits per heavy atom. The van der Waals surface area contributed by atoms with Gasteiger partial charge in [0, 0.05) is 36.3 Å². The number of aromatic amines is 1. The largest absolute Gasteiger partial charge is 0.329 e. The molecule has 2 aromatic carbocycles. The number of hydrogen-bond donors (Lipinski definition) is 2. The molecule has 0 saturated heterocycles. The van der Waals surface area contributed by atoms with Crippen LogP contribution in [0, 0.1) is 6.92 Å². The smallest absolute Gasteiger partial charge is 0.229 e. The van der Waals surface area contributed by atoms with Crippen LogP contribution in [0.1, 0.15) is 5.69 Å². The molecule has 148 valence electrons. The zero-order chi connectivity index (χ0) is 20.6. The van der Waals surface area contributed by atoms with Crippen LogP contribution in [0.15, 0.2) is 59.6 Å². The highest BCUT2D eigenvalue weighted by Crippen LogP contribution is 2.27. The summed E-state index contributed by atoms with van der Waals surface area (Å²) in [6.07, 6.45) is 2.83. The van der Waals surface area contributed by atoms with Crippen molar-refractivity contribution in [2.45, 2.75) is 11.8 Å². The molecule has 2 N–H and O–H groups in total. The van der Waals surface area contributed by atoms with Gasteiger partial charge in [-0.2, -0.15) is 10.1 Å². The number of hydrogen-bond acceptors (Lipinski definition) is 7. The number of fused-ring (bicyclic) bond motifs is 1. The standard InChI is InChI=1S/C20H20N6O2S/c1-13-17-8-7-15(12-18(17)25-24-13)26(2)19-9-10-21-20(23-19)22-14-5-4-6-16(11-14)29(3,27)28/h4-12H,1-3H3,(H,24,25)(H,21,22,23). The maximum absolute atomic E-state index is 11.8. The number of aryl methyl sites for hydroxylation is 1. The fourth-order valence-corrected chi connectivity index (χ4v) is 3.68. The molecule has 0 aliphatic rings. The zero-order valence-electron chi connectivity index (χ0n) is 16.2. The average molecular weight is 408 g/mol. The van der Waals surface area contributed by atoms with E-state index >= 15 is 0 Å². The van der Waals surface area contributed by atoms with Gasteiger partial charge in [-0.3, -0.25) is 5.10 Å². The number of rotatable bonds is 5. The first-order chi connectivity index (χ1) is 13.8. The van der Waals surface area contributed by atoms with Gasteiger partial charge in [0.25, 0.3) is 0 Å². The van der Waals surface area contributed by atoms with Gasteiger partial charge in [0.15, 0.2) is 9.84 Å². The molecule has 0 radical (unpaired) electrons. The van der Waals surface area contributed by atoms with Crippen molar-refractivity contribution in [3.8, 4) is 0 Å². The third-order valence-corrected chi connectivity index (χ3v) is 5.74. The van der Waals surface area contributed by atoms with Crippen LogP contribution in [0.4, 0.5) is 23.1 Å². The van der Waals surface area contributed by atoms with Gasteiger partial charge in [-0.05, 0) is 49.4 Å². The minimum atomic E-state index is -3.29. The summed E-state index contributed by atoms with van der Waals surface area (Å²) < 4.78 is 23.5. The predicted molar refractivity (Wildman–Crippen MR) is 114 cm³/mol. The molecule has 29 heavy (non-hydrogen) atoms. The number of anilines is 4. The quantitative estimate of drug-likeness (QED) is 0.520. The molecule has 4 aromatic rings. The van der Waals surface area contributed by atoms with E-state index in [4.69, 9.17) is 0 Å². The van der Waals surface area contributed by atoms with Crippen LogP contribution in [0.2, 0.25) is 0 Å². The van der Waals surface area contributed by atoms with Crippen LogP contribution >= 0.6 is 0 Å². The lowest BCUT2D eigenvalue weighted by molar-refractivity contribution is 0.602. The van der Waals surface area contributed by atoms with Crippen molar-refractivity contribution in [1.29, 1.82) is 0 Å². The van der Waals surface area contributed by atoms with E-state index in [1.807, 2.05) is 37.1 Å². The second-order valence-electron chi connectivity index (χ2n) is 6.76. The summed E-state index contributed by atoms with van der Waals surface area (Å²) in [6.45, 7) is 1.96. The maximum atomic E-state index is 11.8. The van der Waals surface area contributed by atoms with Gasteiger partial charge in [-0.25, -0.2) is 13.4 Å². The summed E-state index contributed by atoms with van der Waals surface area (Å²) in [5.41, 5.74) is 3.46. The summed E-state index contributed by atoms with van der Waals surface area (Å²) in [6, 6.07) is 14.4. The van der Waals surface area contributed by atoms with Crippen molar-refractivity contribution in [3.05, 3.63) is 60.4 Å². The molecule has 0 fully saturated rings. The van der Waals surface area contributed by atoms with E-state index in [2.05, 4.69) is 25.5 Å². The lowest BCUT2D eigenvalue weighted by atomic mass is 10.2. The fraction of sp³-hybridized carbons (Fsp3) is 0.150. The molecule has 0 spiro atoms. The van der Waals surface area contributed by atoms with Gasteiger partial charge < -0.3 is 10.2 Å². The van der Waals surface area contributed by atoms with Crippen molar-refractivity contribution in [3.63, 3.8) is 0 Å². The summed E-state index contributed by atoms with van der Waals surface area (Å²) in [4.78, 5) is 11.0. The van der Waals surface area contributed by atoms with Crippen LogP contribution in [0.5, 0.6) is 0 Å². The Hall–Kier alpha value is -3.46. The Labute approximate surface area is 168 Å². The minimum Gasteiger partial charge on any atom is -0.329 e. The molecule has 0 aliphatic heterocycles. The van der Waals surface area contributed by atoms with Gasteiger partial charge >= 0.3 is 0 Å². The number of sulfone groups is 1. The molecule has 0 aliphatic carbocycles. The Morgan fingerprint density at radius 1 is 1.10 bits per heavy atom. The molecule has 0 bridgehead atoms. The van der Waals surface area contributed by atoms with Crippen LogP contribution < -0.4 is 10.2 Å². The molecule has 0 atom stereocenters. The van der Waals surface area contributed by atoms with E-state index in [-0.39, 0.29) is 4.90 Å². The number of nitrogens with zero attached hydrogens (tertiary/aromatic N) is 4. The van der Waals surface area contributed by atoms with E-state index in [1.54, 1.807) is 36.5 Å². The second kappa shape index (κ2) is 7.17. The number of aromatic nitrogens is 4. The highest BCUT2D eigenvalue weighted by atomic mass is 32.2. The van der Waals surface area contributed by atoms with Gasteiger partial charge in [0.1, 0.15) is 5.82 Å². The molecule has 0 saturated carbocycles.